The van der Waals surface area contributed by atoms with E-state index in [0.29, 0.717) is 53.5 Å². The number of amides is 1. The van der Waals surface area contributed by atoms with Crippen molar-refractivity contribution in [3.63, 3.8) is 0 Å². The predicted molar refractivity (Wildman–Crippen MR) is 172 cm³/mol. The Kier molecular flexibility index (Phi) is 9.48. The number of aliphatic hydroxyl groups excluding tert-OH is 2. The molecule has 0 spiro atoms. The second-order valence-corrected chi connectivity index (χ2v) is 13.7. The van der Waals surface area contributed by atoms with Crippen LogP contribution < -0.4 is 5.32 Å². The summed E-state index contributed by atoms with van der Waals surface area (Å²) in [5, 5.41) is 43.6. The van der Waals surface area contributed by atoms with E-state index < -0.39 is 24.3 Å². The van der Waals surface area contributed by atoms with E-state index >= 15 is 0 Å². The molecule has 242 valence electrons. The van der Waals surface area contributed by atoms with Gasteiger partial charge in [-0.2, -0.15) is 11.8 Å². The number of aliphatic carboxylic acids is 2. The highest BCUT2D eigenvalue weighted by atomic mass is 32.2. The molecule has 2 fully saturated rings. The predicted octanol–water partition coefficient (Wildman–Crippen LogP) is 3.44. The van der Waals surface area contributed by atoms with Crippen LogP contribution in [-0.2, 0) is 40.1 Å². The van der Waals surface area contributed by atoms with Crippen LogP contribution in [0.25, 0.3) is 6.08 Å². The van der Waals surface area contributed by atoms with Gasteiger partial charge in [0.15, 0.2) is 6.10 Å². The number of aliphatic imine (C=N–C) groups is 1. The minimum absolute atomic E-state index is 0.0597. The number of hydrogen-bond acceptors (Lipinski definition) is 7. The number of carboxylic acid groups (broad SMARTS) is 2. The number of carbonyl (C=O) groups is 3. The molecule has 1 unspecified atom stereocenters. The number of hydrogen-bond donors (Lipinski definition) is 7. The van der Waals surface area contributed by atoms with Crippen LogP contribution in [0.5, 0.6) is 0 Å². The number of carbonyl (C=O) groups excluding carboxylic acids is 1. The van der Waals surface area contributed by atoms with E-state index in [4.69, 9.17) is 0 Å². The van der Waals surface area contributed by atoms with Gasteiger partial charge in [0.05, 0.1) is 5.71 Å². The summed E-state index contributed by atoms with van der Waals surface area (Å²) >= 11 is 1.87. The summed E-state index contributed by atoms with van der Waals surface area (Å²) in [4.78, 5) is 46.9. The zero-order valence-electron chi connectivity index (χ0n) is 26.3. The first-order valence-electron chi connectivity index (χ1n) is 15.4. The topological polar surface area (TPSA) is 188 Å². The molecule has 11 nitrogen and oxygen atoms in total. The number of carboxylic acids is 2. The lowest BCUT2D eigenvalue weighted by atomic mass is 9.91. The molecule has 45 heavy (non-hydrogen) atoms. The van der Waals surface area contributed by atoms with Gasteiger partial charge in [0.2, 0.25) is 0 Å². The van der Waals surface area contributed by atoms with E-state index in [-0.39, 0.29) is 30.6 Å². The molecule has 12 heteroatoms. The van der Waals surface area contributed by atoms with Gasteiger partial charge in [0, 0.05) is 82.6 Å². The minimum atomic E-state index is -1.61. The van der Waals surface area contributed by atoms with Gasteiger partial charge in [0.25, 0.3) is 5.91 Å². The molecular formula is C33H42N4O7S. The summed E-state index contributed by atoms with van der Waals surface area (Å²) in [7, 11) is 0. The summed E-state index contributed by atoms with van der Waals surface area (Å²) in [6.07, 6.45) is 1.15. The van der Waals surface area contributed by atoms with E-state index in [0.717, 1.165) is 50.8 Å². The van der Waals surface area contributed by atoms with Crippen molar-refractivity contribution in [2.24, 2.45) is 16.8 Å². The van der Waals surface area contributed by atoms with Gasteiger partial charge in [-0.3, -0.25) is 9.59 Å². The summed E-state index contributed by atoms with van der Waals surface area (Å²) in [6, 6.07) is 0. The maximum absolute atomic E-state index is 12.4. The zero-order valence-corrected chi connectivity index (χ0v) is 27.1. The third-order valence-corrected chi connectivity index (χ3v) is 10.6. The first-order chi connectivity index (χ1) is 21.3. The van der Waals surface area contributed by atoms with E-state index in [9.17, 15) is 34.8 Å². The third kappa shape index (κ3) is 6.68. The van der Waals surface area contributed by atoms with Crippen LogP contribution in [0.4, 0.5) is 0 Å². The maximum Gasteiger partial charge on any atom is 0.332 e. The van der Waals surface area contributed by atoms with Crippen molar-refractivity contribution in [1.29, 1.82) is 0 Å². The quantitative estimate of drug-likeness (QED) is 0.161. The molecule has 5 atom stereocenters. The molecule has 5 rings (SSSR count). The Morgan fingerprint density at radius 2 is 1.76 bits per heavy atom. The molecule has 2 aromatic rings. The molecule has 2 aromatic heterocycles. The molecule has 0 saturated carbocycles. The van der Waals surface area contributed by atoms with E-state index in [1.54, 1.807) is 0 Å². The fourth-order valence-electron chi connectivity index (χ4n) is 6.75. The summed E-state index contributed by atoms with van der Waals surface area (Å²) in [5.41, 5.74) is 9.49. The maximum atomic E-state index is 12.4. The molecule has 0 aromatic carbocycles. The average molecular weight is 639 g/mol. The van der Waals surface area contributed by atoms with Gasteiger partial charge < -0.3 is 35.7 Å². The van der Waals surface area contributed by atoms with Crippen LogP contribution in [0.1, 0.15) is 78.6 Å². The number of thioether (sulfide) groups is 1. The van der Waals surface area contributed by atoms with Gasteiger partial charge in [-0.15, -0.1) is 0 Å². The monoisotopic (exact) mass is 638 g/mol. The van der Waals surface area contributed by atoms with E-state index in [2.05, 4.69) is 20.3 Å². The molecule has 0 bridgehead atoms. The molecule has 0 aliphatic carbocycles. The molecule has 0 radical (unpaired) electrons. The van der Waals surface area contributed by atoms with Gasteiger partial charge in [0.1, 0.15) is 6.23 Å². The fourth-order valence-corrected chi connectivity index (χ4v) is 7.67. The van der Waals surface area contributed by atoms with Crippen LogP contribution >= 0.6 is 11.8 Å². The van der Waals surface area contributed by atoms with Gasteiger partial charge in [-0.05, 0) is 67.5 Å². The Balaban J connectivity index is 1.54. The van der Waals surface area contributed by atoms with Crippen LogP contribution in [0, 0.1) is 25.7 Å². The van der Waals surface area contributed by atoms with E-state index in [1.165, 1.54) is 0 Å². The number of aromatic amines is 2. The van der Waals surface area contributed by atoms with Crippen molar-refractivity contribution in [3.8, 4) is 0 Å². The third-order valence-electron chi connectivity index (χ3n) is 9.58. The molecule has 7 N–H and O–H groups in total. The largest absolute Gasteiger partial charge is 0.481 e. The second-order valence-electron chi connectivity index (χ2n) is 12.4. The molecular weight excluding hydrogens is 596 g/mol. The van der Waals surface area contributed by atoms with Crippen molar-refractivity contribution in [2.75, 3.05) is 5.75 Å². The van der Waals surface area contributed by atoms with E-state index in [1.807, 2.05) is 52.5 Å². The van der Waals surface area contributed by atoms with Gasteiger partial charge in [-0.1, -0.05) is 13.8 Å². The lowest BCUT2D eigenvalue weighted by molar-refractivity contribution is -0.146. The standard InChI is InChI=1S/C33H42N4O7S/c1-6-18-14(2)23(36-32(18)42)10-21-16(4)20(9-27(38)33(43)44)25(35-21)12-24-19(7-8-29(39)40)15(3)22(34-24)11-26-30(28-13-45-28)17(5)31(41)37-26/h11,17,27-28,30-31,34-35,37-38,41H,6-10,12-13H2,1-5H3,(H,39,40)(H,43,44)/b26-11-/t17-,27-,28-,30-,31?/m1/s1. The normalized spacial score (nSPS) is 24.4. The highest BCUT2D eigenvalue weighted by molar-refractivity contribution is 8.06. The zero-order chi connectivity index (χ0) is 32.7. The van der Waals surface area contributed by atoms with Crippen molar-refractivity contribution < 1.29 is 34.8 Å². The summed E-state index contributed by atoms with van der Waals surface area (Å²) in [5.74, 6) is -1.17. The highest BCUT2D eigenvalue weighted by Gasteiger charge is 2.45. The molecule has 1 amide bonds. The minimum Gasteiger partial charge on any atom is -0.481 e. The Bertz CT molecular complexity index is 1630. The van der Waals surface area contributed by atoms with Crippen LogP contribution in [0.3, 0.4) is 0 Å². The fraction of sp³-hybridized carbons (Fsp3) is 0.515. The Morgan fingerprint density at radius 3 is 2.36 bits per heavy atom. The smallest absolute Gasteiger partial charge is 0.332 e. The lowest BCUT2D eigenvalue weighted by Crippen LogP contribution is -2.24. The number of nitrogens with one attached hydrogen (secondary N) is 3. The molecule has 3 aliphatic rings. The second kappa shape index (κ2) is 13.0. The molecule has 3 aliphatic heterocycles. The van der Waals surface area contributed by atoms with Gasteiger partial charge >= 0.3 is 11.9 Å². The number of aromatic nitrogens is 2. The first kappa shape index (κ1) is 32.8. The van der Waals surface area contributed by atoms with Gasteiger partial charge in [-0.25, -0.2) is 9.79 Å². The summed E-state index contributed by atoms with van der Waals surface area (Å²) < 4.78 is 0. The van der Waals surface area contributed by atoms with Crippen molar-refractivity contribution in [2.45, 2.75) is 90.7 Å². The SMILES string of the molecule is CCC1=C(C)C(Cc2[nH]c(Cc3[nH]c(/C=C4\NC(O)[C@H](C)[C@H]4[C@H]4CS4)c(C)c3CCC(=O)O)c(C[C@@H](O)C(=O)O)c2C)=NC1=O. The first-order valence-corrected chi connectivity index (χ1v) is 16.5. The summed E-state index contributed by atoms with van der Waals surface area (Å²) in [6.45, 7) is 9.66. The number of nitrogens with zero attached hydrogens (tertiary/aromatic N) is 1. The number of aliphatic hydroxyl groups is 2. The number of H-pyrrole nitrogens is 2. The number of rotatable bonds is 13. The Labute approximate surface area is 266 Å². The van der Waals surface area contributed by atoms with Crippen LogP contribution in [0.2, 0.25) is 0 Å². The Hall–Kier alpha value is -3.61. The molecule has 5 heterocycles. The van der Waals surface area contributed by atoms with Crippen LogP contribution in [-0.4, -0.2) is 77.3 Å². The lowest BCUT2D eigenvalue weighted by Gasteiger charge is -2.14. The molecule has 2 saturated heterocycles. The number of allylic oxidation sites excluding steroid dienone is 2. The van der Waals surface area contributed by atoms with Crippen molar-refractivity contribution in [3.05, 3.63) is 61.9 Å². The average Bonchev–Trinajstić information content (AvgIpc) is 3.56. The van der Waals surface area contributed by atoms with Crippen LogP contribution in [0.15, 0.2) is 21.8 Å². The van der Waals surface area contributed by atoms with Crippen molar-refractivity contribution >= 4 is 41.4 Å². The highest BCUT2D eigenvalue weighted by Crippen LogP contribution is 2.47. The Morgan fingerprint density at radius 1 is 1.07 bits per heavy atom. The van der Waals surface area contributed by atoms with Crippen molar-refractivity contribution in [1.82, 2.24) is 15.3 Å².